The Bertz CT molecular complexity index is 601. The van der Waals surface area contributed by atoms with Gasteiger partial charge in [0.2, 0.25) is 11.8 Å². The molecule has 25 heavy (non-hydrogen) atoms. The number of aromatic nitrogens is 1. The van der Waals surface area contributed by atoms with Gasteiger partial charge in [-0.05, 0) is 26.1 Å². The van der Waals surface area contributed by atoms with Gasteiger partial charge in [-0.3, -0.25) is 9.59 Å². The van der Waals surface area contributed by atoms with E-state index in [1.807, 2.05) is 32.9 Å². The van der Waals surface area contributed by atoms with Crippen LogP contribution in [0.15, 0.2) is 18.3 Å². The summed E-state index contributed by atoms with van der Waals surface area (Å²) in [5.41, 5.74) is 0.0972. The third-order valence-electron chi connectivity index (χ3n) is 4.26. The molecule has 1 aliphatic rings. The lowest BCUT2D eigenvalue weighted by molar-refractivity contribution is -0.131. The molecule has 138 valence electrons. The summed E-state index contributed by atoms with van der Waals surface area (Å²) in [6.45, 7) is 11.0. The van der Waals surface area contributed by atoms with Crippen molar-refractivity contribution in [2.24, 2.45) is 5.41 Å². The second-order valence-corrected chi connectivity index (χ2v) is 7.63. The van der Waals surface area contributed by atoms with Crippen LogP contribution in [0, 0.1) is 5.41 Å². The summed E-state index contributed by atoms with van der Waals surface area (Å²) in [4.78, 5) is 33.2. The molecular formula is C18H29N5O2. The third-order valence-corrected chi connectivity index (χ3v) is 4.26. The van der Waals surface area contributed by atoms with E-state index in [-0.39, 0.29) is 11.8 Å². The Kier molecular flexibility index (Phi) is 6.00. The fraction of sp³-hybridized carbons (Fsp3) is 0.611. The van der Waals surface area contributed by atoms with Gasteiger partial charge in [0.05, 0.1) is 11.9 Å². The van der Waals surface area contributed by atoms with Crippen molar-refractivity contribution in [3.63, 3.8) is 0 Å². The first-order valence-electron chi connectivity index (χ1n) is 8.68. The maximum absolute atomic E-state index is 12.2. The van der Waals surface area contributed by atoms with Crippen LogP contribution in [0.25, 0.3) is 0 Å². The molecule has 0 radical (unpaired) electrons. The zero-order valence-electron chi connectivity index (χ0n) is 15.8. The molecule has 0 bridgehead atoms. The van der Waals surface area contributed by atoms with Gasteiger partial charge in [-0.1, -0.05) is 20.8 Å². The van der Waals surface area contributed by atoms with Crippen molar-refractivity contribution in [2.75, 3.05) is 43.4 Å². The second kappa shape index (κ2) is 7.82. The lowest BCUT2D eigenvalue weighted by atomic mass is 9.95. The van der Waals surface area contributed by atoms with Gasteiger partial charge in [0.25, 0.3) is 0 Å². The number of likely N-dealkylation sites (N-methyl/N-ethyl adjacent to an activating group) is 1. The molecule has 7 nitrogen and oxygen atoms in total. The molecule has 0 spiro atoms. The predicted molar refractivity (Wildman–Crippen MR) is 99.6 cm³/mol. The summed E-state index contributed by atoms with van der Waals surface area (Å²) >= 11 is 0. The van der Waals surface area contributed by atoms with Gasteiger partial charge in [0.1, 0.15) is 11.9 Å². The van der Waals surface area contributed by atoms with E-state index in [2.05, 4.69) is 32.5 Å². The van der Waals surface area contributed by atoms with Gasteiger partial charge < -0.3 is 20.4 Å². The van der Waals surface area contributed by atoms with Crippen LogP contribution in [0.3, 0.4) is 0 Å². The van der Waals surface area contributed by atoms with Gasteiger partial charge in [-0.15, -0.1) is 0 Å². The number of carbonyl (C=O) groups excluding carboxylic acids is 2. The predicted octanol–water partition coefficient (Wildman–Crippen LogP) is 1.32. The molecule has 0 saturated carbocycles. The Morgan fingerprint density at radius 1 is 1.16 bits per heavy atom. The van der Waals surface area contributed by atoms with Crippen LogP contribution in [-0.4, -0.2) is 61.0 Å². The average Bonchev–Trinajstić information content (AvgIpc) is 2.55. The van der Waals surface area contributed by atoms with Crippen LogP contribution in [0.5, 0.6) is 0 Å². The molecule has 2 amide bonds. The van der Waals surface area contributed by atoms with Crippen molar-refractivity contribution in [3.05, 3.63) is 18.3 Å². The number of piperazine rings is 1. The van der Waals surface area contributed by atoms with Crippen LogP contribution in [0.1, 0.15) is 27.7 Å². The lowest BCUT2D eigenvalue weighted by Gasteiger charge is -2.33. The van der Waals surface area contributed by atoms with E-state index in [1.54, 1.807) is 13.1 Å². The van der Waals surface area contributed by atoms with Crippen molar-refractivity contribution < 1.29 is 9.59 Å². The van der Waals surface area contributed by atoms with Crippen molar-refractivity contribution in [2.45, 2.75) is 33.7 Å². The number of amides is 2. The largest absolute Gasteiger partial charge is 0.354 e. The highest BCUT2D eigenvalue weighted by Crippen LogP contribution is 2.16. The van der Waals surface area contributed by atoms with Crippen LogP contribution in [0.2, 0.25) is 0 Å². The zero-order valence-corrected chi connectivity index (χ0v) is 15.8. The minimum Gasteiger partial charge on any atom is -0.354 e. The average molecular weight is 347 g/mol. The highest BCUT2D eigenvalue weighted by Gasteiger charge is 2.25. The molecule has 1 aromatic heterocycles. The first-order valence-corrected chi connectivity index (χ1v) is 8.68. The monoisotopic (exact) mass is 347 g/mol. The van der Waals surface area contributed by atoms with Crippen LogP contribution >= 0.6 is 0 Å². The summed E-state index contributed by atoms with van der Waals surface area (Å²) in [7, 11) is 2.11. The van der Waals surface area contributed by atoms with Crippen LogP contribution in [0.4, 0.5) is 11.5 Å². The topological polar surface area (TPSA) is 77.6 Å². The number of nitrogens with zero attached hydrogens (tertiary/aromatic N) is 3. The maximum atomic E-state index is 12.2. The number of hydrogen-bond acceptors (Lipinski definition) is 5. The minimum absolute atomic E-state index is 0.154. The zero-order chi connectivity index (χ0) is 18.6. The Morgan fingerprint density at radius 3 is 2.32 bits per heavy atom. The lowest BCUT2D eigenvalue weighted by Crippen LogP contribution is -2.46. The van der Waals surface area contributed by atoms with E-state index in [4.69, 9.17) is 0 Å². The van der Waals surface area contributed by atoms with Crippen molar-refractivity contribution in [3.8, 4) is 0 Å². The summed E-state index contributed by atoms with van der Waals surface area (Å²) in [5.74, 6) is 0.505. The second-order valence-electron chi connectivity index (χ2n) is 7.63. The van der Waals surface area contributed by atoms with E-state index in [1.165, 1.54) is 0 Å². The Hall–Kier alpha value is -2.15. The first-order chi connectivity index (χ1) is 11.7. The summed E-state index contributed by atoms with van der Waals surface area (Å²) in [5, 5.41) is 5.52. The van der Waals surface area contributed by atoms with Gasteiger partial charge >= 0.3 is 0 Å². The number of pyridine rings is 1. The molecule has 1 aromatic rings. The highest BCUT2D eigenvalue weighted by molar-refractivity contribution is 5.97. The van der Waals surface area contributed by atoms with Gasteiger partial charge in [0, 0.05) is 31.6 Å². The number of rotatable bonds is 4. The number of nitrogens with one attached hydrogen (secondary N) is 2. The summed E-state index contributed by atoms with van der Waals surface area (Å²) < 4.78 is 0. The molecule has 2 N–H and O–H groups in total. The van der Waals surface area contributed by atoms with Gasteiger partial charge in [-0.25, -0.2) is 4.98 Å². The van der Waals surface area contributed by atoms with Crippen LogP contribution in [-0.2, 0) is 9.59 Å². The quantitative estimate of drug-likeness (QED) is 0.859. The number of hydrogen-bond donors (Lipinski definition) is 2. The fourth-order valence-electron chi connectivity index (χ4n) is 2.41. The smallest absolute Gasteiger partial charge is 0.246 e. The highest BCUT2D eigenvalue weighted by atomic mass is 16.2. The molecule has 2 heterocycles. The molecule has 1 saturated heterocycles. The van der Waals surface area contributed by atoms with Crippen molar-refractivity contribution in [1.29, 1.82) is 0 Å². The number of anilines is 2. The van der Waals surface area contributed by atoms with Crippen molar-refractivity contribution in [1.82, 2.24) is 15.2 Å². The van der Waals surface area contributed by atoms with E-state index in [9.17, 15) is 9.59 Å². The molecule has 1 unspecified atom stereocenters. The first kappa shape index (κ1) is 19.2. The van der Waals surface area contributed by atoms with Crippen molar-refractivity contribution >= 4 is 23.3 Å². The molecule has 2 rings (SSSR count). The summed E-state index contributed by atoms with van der Waals surface area (Å²) in [6, 6.07) is 3.15. The molecule has 1 aliphatic heterocycles. The fourth-order valence-corrected chi connectivity index (χ4v) is 2.41. The molecule has 1 atom stereocenters. The van der Waals surface area contributed by atoms with E-state index >= 15 is 0 Å². The Labute approximate surface area is 149 Å². The van der Waals surface area contributed by atoms with E-state index < -0.39 is 11.5 Å². The standard InChI is InChI=1S/C18H29N5O2/c1-13(20-17(25)18(2,3)4)16(24)21-14-6-7-15(19-12-14)23-10-8-22(5)9-11-23/h6-7,12-13H,8-11H2,1-5H3,(H,20,25)(H,21,24). The summed E-state index contributed by atoms with van der Waals surface area (Å²) in [6.07, 6.45) is 1.66. The minimum atomic E-state index is -0.607. The van der Waals surface area contributed by atoms with E-state index in [0.717, 1.165) is 32.0 Å². The van der Waals surface area contributed by atoms with Crippen LogP contribution < -0.4 is 15.5 Å². The normalized spacial score (nSPS) is 17.1. The van der Waals surface area contributed by atoms with Gasteiger partial charge in [-0.2, -0.15) is 0 Å². The van der Waals surface area contributed by atoms with Gasteiger partial charge in [0.15, 0.2) is 0 Å². The Morgan fingerprint density at radius 2 is 1.80 bits per heavy atom. The third kappa shape index (κ3) is 5.42. The Balaban J connectivity index is 1.90. The van der Waals surface area contributed by atoms with E-state index in [0.29, 0.717) is 5.69 Å². The molecule has 0 aliphatic carbocycles. The molecular weight excluding hydrogens is 318 g/mol. The molecule has 0 aromatic carbocycles. The SMILES string of the molecule is CC(NC(=O)C(C)(C)C)C(=O)Nc1ccc(N2CCN(C)CC2)nc1. The maximum Gasteiger partial charge on any atom is 0.246 e. The molecule has 1 fully saturated rings. The molecule has 7 heteroatoms. The number of carbonyl (C=O) groups is 2.